The second kappa shape index (κ2) is 5.43. The topological polar surface area (TPSA) is 40.6 Å². The number of nitrogens with zero attached hydrogens (tertiary/aromatic N) is 2. The summed E-state index contributed by atoms with van der Waals surface area (Å²) < 4.78 is 0. The monoisotopic (exact) mass is 248 g/mol. The zero-order chi connectivity index (χ0) is 13.1. The predicted molar refractivity (Wildman–Crippen MR) is 68.6 cm³/mol. The van der Waals surface area contributed by atoms with Gasteiger partial charge in [0.15, 0.2) is 0 Å². The maximum atomic E-state index is 12.4. The molecule has 2 amide bonds. The molecular formula is C14H20N2O2. The molecule has 2 heterocycles. The van der Waals surface area contributed by atoms with E-state index >= 15 is 0 Å². The van der Waals surface area contributed by atoms with Gasteiger partial charge >= 0.3 is 0 Å². The van der Waals surface area contributed by atoms with Gasteiger partial charge in [0.1, 0.15) is 12.1 Å². The fourth-order valence-corrected chi connectivity index (χ4v) is 2.97. The van der Waals surface area contributed by atoms with Crippen molar-refractivity contribution in [2.45, 2.75) is 51.1 Å². The van der Waals surface area contributed by atoms with E-state index in [1.807, 2.05) is 6.92 Å². The highest BCUT2D eigenvalue weighted by atomic mass is 16.2. The molecule has 0 aromatic carbocycles. The van der Waals surface area contributed by atoms with Crippen LogP contribution in [0.1, 0.15) is 39.0 Å². The molecule has 0 N–H and O–H groups in total. The van der Waals surface area contributed by atoms with Crippen LogP contribution in [0.5, 0.6) is 0 Å². The van der Waals surface area contributed by atoms with E-state index in [1.54, 1.807) is 9.80 Å². The van der Waals surface area contributed by atoms with Crippen LogP contribution < -0.4 is 0 Å². The van der Waals surface area contributed by atoms with E-state index in [0.29, 0.717) is 19.4 Å². The van der Waals surface area contributed by atoms with Gasteiger partial charge in [-0.05, 0) is 25.7 Å². The third kappa shape index (κ3) is 2.10. The van der Waals surface area contributed by atoms with Crippen molar-refractivity contribution in [3.63, 3.8) is 0 Å². The van der Waals surface area contributed by atoms with E-state index < -0.39 is 0 Å². The third-order valence-corrected chi connectivity index (χ3v) is 3.87. The zero-order valence-electron chi connectivity index (χ0n) is 10.9. The molecule has 2 aliphatic rings. The van der Waals surface area contributed by atoms with Gasteiger partial charge in [0.25, 0.3) is 0 Å². The maximum absolute atomic E-state index is 12.4. The van der Waals surface area contributed by atoms with Gasteiger partial charge in [-0.3, -0.25) is 9.59 Å². The quantitative estimate of drug-likeness (QED) is 0.550. The van der Waals surface area contributed by atoms with Gasteiger partial charge in [0.05, 0.1) is 0 Å². The number of hydrogen-bond acceptors (Lipinski definition) is 2. The summed E-state index contributed by atoms with van der Waals surface area (Å²) in [7, 11) is 0. The van der Waals surface area contributed by atoms with Crippen molar-refractivity contribution < 1.29 is 9.59 Å². The Morgan fingerprint density at radius 2 is 2.17 bits per heavy atom. The van der Waals surface area contributed by atoms with Gasteiger partial charge < -0.3 is 9.80 Å². The van der Waals surface area contributed by atoms with Gasteiger partial charge in [-0.25, -0.2) is 0 Å². The Labute approximate surface area is 108 Å². The van der Waals surface area contributed by atoms with Crippen molar-refractivity contribution in [2.75, 3.05) is 13.1 Å². The van der Waals surface area contributed by atoms with Crippen molar-refractivity contribution in [2.24, 2.45) is 0 Å². The third-order valence-electron chi connectivity index (χ3n) is 3.87. The lowest BCUT2D eigenvalue weighted by Crippen LogP contribution is -2.62. The van der Waals surface area contributed by atoms with Crippen molar-refractivity contribution in [1.29, 1.82) is 0 Å². The van der Waals surface area contributed by atoms with Crippen molar-refractivity contribution in [3.8, 4) is 12.3 Å². The standard InChI is InChI=1S/C14H20N2O2/c1-3-5-6-9-15-11(4-2)13(17)16-10-7-8-12(16)14(15)18/h1,11-12H,4-10H2,2H3. The number of carbonyl (C=O) groups excluding carboxylic acids is 2. The average Bonchev–Trinajstić information content (AvgIpc) is 2.85. The number of rotatable bonds is 4. The first-order chi connectivity index (χ1) is 8.70. The van der Waals surface area contributed by atoms with Crippen LogP contribution in [0.15, 0.2) is 0 Å². The normalized spacial score (nSPS) is 27.3. The molecule has 0 saturated carbocycles. The minimum atomic E-state index is -0.273. The highest BCUT2D eigenvalue weighted by molar-refractivity contribution is 5.97. The summed E-state index contributed by atoms with van der Waals surface area (Å²) in [6.07, 6.45) is 9.10. The van der Waals surface area contributed by atoms with Crippen LogP contribution in [0, 0.1) is 12.3 Å². The first kappa shape index (κ1) is 12.9. The molecule has 2 unspecified atom stereocenters. The Hall–Kier alpha value is -1.50. The van der Waals surface area contributed by atoms with Gasteiger partial charge in [-0.15, -0.1) is 12.3 Å². The summed E-state index contributed by atoms with van der Waals surface area (Å²) in [5.74, 6) is 2.83. The number of piperazine rings is 1. The first-order valence-electron chi connectivity index (χ1n) is 6.75. The highest BCUT2D eigenvalue weighted by Crippen LogP contribution is 2.28. The Bertz CT molecular complexity index is 386. The van der Waals surface area contributed by atoms with E-state index in [2.05, 4.69) is 5.92 Å². The SMILES string of the molecule is C#CCCCN1C(=O)C2CCCN2C(=O)C1CC. The number of fused-ring (bicyclic) bond motifs is 1. The lowest BCUT2D eigenvalue weighted by molar-refractivity contribution is -0.159. The number of hydrogen-bond donors (Lipinski definition) is 0. The molecular weight excluding hydrogens is 228 g/mol. The van der Waals surface area contributed by atoms with E-state index in [0.717, 1.165) is 25.8 Å². The van der Waals surface area contributed by atoms with Crippen molar-refractivity contribution in [1.82, 2.24) is 9.80 Å². The Balaban J connectivity index is 2.13. The smallest absolute Gasteiger partial charge is 0.246 e. The molecule has 2 fully saturated rings. The van der Waals surface area contributed by atoms with Crippen LogP contribution in [0.2, 0.25) is 0 Å². The van der Waals surface area contributed by atoms with E-state index in [-0.39, 0.29) is 23.9 Å². The van der Waals surface area contributed by atoms with Crippen LogP contribution in [0.3, 0.4) is 0 Å². The van der Waals surface area contributed by atoms with E-state index in [9.17, 15) is 9.59 Å². The highest BCUT2D eigenvalue weighted by Gasteiger charge is 2.46. The molecule has 4 heteroatoms. The van der Waals surface area contributed by atoms with Gasteiger partial charge in [0.2, 0.25) is 11.8 Å². The van der Waals surface area contributed by atoms with E-state index in [1.165, 1.54) is 0 Å². The Kier molecular flexibility index (Phi) is 3.90. The van der Waals surface area contributed by atoms with Crippen LogP contribution in [-0.4, -0.2) is 46.8 Å². The average molecular weight is 248 g/mol. The first-order valence-corrected chi connectivity index (χ1v) is 6.75. The number of terminal acetylenes is 1. The second-order valence-corrected chi connectivity index (χ2v) is 4.95. The molecule has 98 valence electrons. The molecule has 18 heavy (non-hydrogen) atoms. The van der Waals surface area contributed by atoms with Crippen molar-refractivity contribution in [3.05, 3.63) is 0 Å². The summed E-state index contributed by atoms with van der Waals surface area (Å²) in [6.45, 7) is 3.31. The molecule has 0 aromatic rings. The number of carbonyl (C=O) groups is 2. The van der Waals surface area contributed by atoms with Crippen LogP contribution >= 0.6 is 0 Å². The molecule has 0 spiro atoms. The Morgan fingerprint density at radius 1 is 1.39 bits per heavy atom. The molecule has 0 aromatic heterocycles. The molecule has 4 nitrogen and oxygen atoms in total. The van der Waals surface area contributed by atoms with Gasteiger partial charge in [0, 0.05) is 19.5 Å². The lowest BCUT2D eigenvalue weighted by Gasteiger charge is -2.42. The summed E-state index contributed by atoms with van der Waals surface area (Å²) in [4.78, 5) is 28.2. The van der Waals surface area contributed by atoms with Crippen LogP contribution in [-0.2, 0) is 9.59 Å². The van der Waals surface area contributed by atoms with Crippen LogP contribution in [0.4, 0.5) is 0 Å². The molecule has 0 radical (unpaired) electrons. The zero-order valence-corrected chi connectivity index (χ0v) is 10.9. The summed E-state index contributed by atoms with van der Waals surface area (Å²) in [5, 5.41) is 0. The molecule has 0 bridgehead atoms. The minimum absolute atomic E-state index is 0.121. The molecule has 2 aliphatic heterocycles. The fourth-order valence-electron chi connectivity index (χ4n) is 2.97. The number of amides is 2. The molecule has 2 rings (SSSR count). The van der Waals surface area contributed by atoms with Gasteiger partial charge in [-0.2, -0.15) is 0 Å². The second-order valence-electron chi connectivity index (χ2n) is 4.95. The van der Waals surface area contributed by atoms with Crippen LogP contribution in [0.25, 0.3) is 0 Å². The summed E-state index contributed by atoms with van der Waals surface area (Å²) in [5.41, 5.74) is 0. The lowest BCUT2D eigenvalue weighted by atomic mass is 10.0. The molecule has 2 saturated heterocycles. The molecule has 2 atom stereocenters. The predicted octanol–water partition coefficient (Wildman–Crippen LogP) is 1.01. The summed E-state index contributed by atoms with van der Waals surface area (Å²) >= 11 is 0. The molecule has 0 aliphatic carbocycles. The van der Waals surface area contributed by atoms with Gasteiger partial charge in [-0.1, -0.05) is 6.92 Å². The van der Waals surface area contributed by atoms with E-state index in [4.69, 9.17) is 6.42 Å². The largest absolute Gasteiger partial charge is 0.329 e. The minimum Gasteiger partial charge on any atom is -0.329 e. The fraction of sp³-hybridized carbons (Fsp3) is 0.714. The van der Waals surface area contributed by atoms with Crippen molar-refractivity contribution >= 4 is 11.8 Å². The number of unbranched alkanes of at least 4 members (excludes halogenated alkanes) is 1. The Morgan fingerprint density at radius 3 is 2.83 bits per heavy atom. The maximum Gasteiger partial charge on any atom is 0.246 e. The summed E-state index contributed by atoms with van der Waals surface area (Å²) in [6, 6.07) is -0.476.